The van der Waals surface area contributed by atoms with Crippen LogP contribution < -0.4 is 0 Å². The van der Waals surface area contributed by atoms with Gasteiger partial charge in [-0.3, -0.25) is 4.90 Å². The van der Waals surface area contributed by atoms with Gasteiger partial charge < -0.3 is 4.74 Å². The summed E-state index contributed by atoms with van der Waals surface area (Å²) < 4.78 is 28.0. The average molecular weight is 290 g/mol. The first-order valence-electron chi connectivity index (χ1n) is 5.87. The lowest BCUT2D eigenvalue weighted by molar-refractivity contribution is 0.183. The Bertz CT molecular complexity index is 498. The van der Waals surface area contributed by atoms with E-state index in [0.717, 1.165) is 17.2 Å². The molecule has 7 heteroatoms. The van der Waals surface area contributed by atoms with Crippen molar-refractivity contribution in [3.05, 3.63) is 16.1 Å². The zero-order chi connectivity index (χ0) is 13.2. The van der Waals surface area contributed by atoms with E-state index in [9.17, 15) is 8.42 Å². The molecule has 0 unspecified atom stereocenters. The molecule has 1 aliphatic heterocycles. The minimum Gasteiger partial charge on any atom is -0.378 e. The van der Waals surface area contributed by atoms with Crippen LogP contribution in [0.3, 0.4) is 0 Å². The Morgan fingerprint density at radius 3 is 3.06 bits per heavy atom. The predicted octanol–water partition coefficient (Wildman–Crippen LogP) is 0.908. The van der Waals surface area contributed by atoms with Gasteiger partial charge in [0.15, 0.2) is 9.84 Å². The minimum atomic E-state index is -2.84. The van der Waals surface area contributed by atoms with Crippen LogP contribution in [0.4, 0.5) is 0 Å². The lowest BCUT2D eigenvalue weighted by Crippen LogP contribution is -2.46. The molecule has 0 amide bonds. The Labute approximate surface area is 112 Å². The van der Waals surface area contributed by atoms with Crippen molar-refractivity contribution in [3.8, 4) is 0 Å². The third-order valence-electron chi connectivity index (χ3n) is 3.04. The molecule has 0 radical (unpaired) electrons. The third-order valence-corrected chi connectivity index (χ3v) is 5.71. The monoisotopic (exact) mass is 290 g/mol. The lowest BCUT2D eigenvalue weighted by atomic mass is 10.3. The van der Waals surface area contributed by atoms with Gasteiger partial charge in [0, 0.05) is 31.6 Å². The van der Waals surface area contributed by atoms with E-state index in [4.69, 9.17) is 4.74 Å². The zero-order valence-corrected chi connectivity index (χ0v) is 12.3. The Balaban J connectivity index is 1.97. The van der Waals surface area contributed by atoms with Gasteiger partial charge in [-0.25, -0.2) is 13.4 Å². The summed E-state index contributed by atoms with van der Waals surface area (Å²) in [6, 6.07) is 0.0660. The average Bonchev–Trinajstić information content (AvgIpc) is 2.70. The summed E-state index contributed by atoms with van der Waals surface area (Å²) in [4.78, 5) is 6.64. The van der Waals surface area contributed by atoms with Gasteiger partial charge in [0.25, 0.3) is 0 Å². The van der Waals surface area contributed by atoms with Crippen LogP contribution >= 0.6 is 11.3 Å². The molecule has 1 atom stereocenters. The molecule has 1 saturated heterocycles. The number of methoxy groups -OCH3 is 1. The largest absolute Gasteiger partial charge is 0.378 e. The van der Waals surface area contributed by atoms with Crippen LogP contribution in [-0.2, 0) is 27.7 Å². The number of hydrogen-bond acceptors (Lipinski definition) is 6. The van der Waals surface area contributed by atoms with E-state index >= 15 is 0 Å². The summed E-state index contributed by atoms with van der Waals surface area (Å²) in [7, 11) is -1.19. The maximum absolute atomic E-state index is 11.5. The first kappa shape index (κ1) is 13.9. The second-order valence-corrected chi connectivity index (χ2v) is 7.77. The van der Waals surface area contributed by atoms with Gasteiger partial charge >= 0.3 is 0 Å². The van der Waals surface area contributed by atoms with Crippen LogP contribution in [0.15, 0.2) is 5.38 Å². The van der Waals surface area contributed by atoms with E-state index in [1.165, 1.54) is 0 Å². The minimum absolute atomic E-state index is 0.0660. The van der Waals surface area contributed by atoms with Gasteiger partial charge in [-0.05, 0) is 6.92 Å². The Morgan fingerprint density at radius 2 is 2.39 bits per heavy atom. The third kappa shape index (κ3) is 3.50. The standard InChI is InChI=1S/C11H18N2O3S2/c1-9-8-18(14,15)4-3-13(9)5-10-7-17-11(12-10)6-16-2/h7,9H,3-6,8H2,1-2H3/t9-/m1/s1. The van der Waals surface area contributed by atoms with Crippen LogP contribution in [-0.4, -0.2) is 49.5 Å². The molecular weight excluding hydrogens is 272 g/mol. The number of hydrogen-bond donors (Lipinski definition) is 0. The smallest absolute Gasteiger partial charge is 0.153 e. The summed E-state index contributed by atoms with van der Waals surface area (Å²) >= 11 is 1.58. The van der Waals surface area contributed by atoms with Crippen LogP contribution in [0.2, 0.25) is 0 Å². The second-order valence-electron chi connectivity index (χ2n) is 4.60. The molecule has 1 aliphatic rings. The maximum atomic E-state index is 11.5. The molecule has 0 bridgehead atoms. The molecule has 18 heavy (non-hydrogen) atoms. The molecule has 1 fully saturated rings. The summed E-state index contributed by atoms with van der Waals surface area (Å²) in [6.45, 7) is 3.81. The number of nitrogens with zero attached hydrogens (tertiary/aromatic N) is 2. The quantitative estimate of drug-likeness (QED) is 0.825. The predicted molar refractivity (Wildman–Crippen MR) is 71.4 cm³/mol. The van der Waals surface area contributed by atoms with Crippen molar-refractivity contribution in [2.75, 3.05) is 25.2 Å². The van der Waals surface area contributed by atoms with Gasteiger partial charge in [0.05, 0.1) is 23.8 Å². The molecule has 2 heterocycles. The first-order valence-corrected chi connectivity index (χ1v) is 8.57. The molecule has 0 aromatic carbocycles. The Morgan fingerprint density at radius 1 is 1.61 bits per heavy atom. The van der Waals surface area contributed by atoms with Crippen LogP contribution in [0.25, 0.3) is 0 Å². The van der Waals surface area contributed by atoms with Crippen molar-refractivity contribution < 1.29 is 13.2 Å². The zero-order valence-electron chi connectivity index (χ0n) is 10.6. The van der Waals surface area contributed by atoms with Crippen molar-refractivity contribution >= 4 is 21.2 Å². The Kier molecular flexibility index (Phi) is 4.37. The van der Waals surface area contributed by atoms with E-state index in [2.05, 4.69) is 9.88 Å². The first-order chi connectivity index (χ1) is 8.50. The molecule has 5 nitrogen and oxygen atoms in total. The van der Waals surface area contributed by atoms with Crippen molar-refractivity contribution in [1.82, 2.24) is 9.88 Å². The topological polar surface area (TPSA) is 59.5 Å². The fourth-order valence-corrected chi connectivity index (χ4v) is 4.47. The van der Waals surface area contributed by atoms with E-state index in [-0.39, 0.29) is 17.5 Å². The highest BCUT2D eigenvalue weighted by Gasteiger charge is 2.28. The van der Waals surface area contributed by atoms with Gasteiger partial charge in [0.2, 0.25) is 0 Å². The number of aromatic nitrogens is 1. The summed E-state index contributed by atoms with van der Waals surface area (Å²) in [6.07, 6.45) is 0. The van der Waals surface area contributed by atoms with E-state index < -0.39 is 9.84 Å². The molecule has 0 saturated carbocycles. The van der Waals surface area contributed by atoms with Crippen LogP contribution in [0, 0.1) is 0 Å². The van der Waals surface area contributed by atoms with Crippen molar-refractivity contribution in [2.45, 2.75) is 26.1 Å². The van der Waals surface area contributed by atoms with Crippen LogP contribution in [0.1, 0.15) is 17.6 Å². The van der Waals surface area contributed by atoms with Gasteiger partial charge in [-0.15, -0.1) is 11.3 Å². The molecule has 1 aromatic rings. The van der Waals surface area contributed by atoms with Crippen molar-refractivity contribution in [3.63, 3.8) is 0 Å². The van der Waals surface area contributed by atoms with Gasteiger partial charge in [-0.1, -0.05) is 0 Å². The van der Waals surface area contributed by atoms with E-state index in [1.54, 1.807) is 18.4 Å². The SMILES string of the molecule is COCc1nc(CN2CCS(=O)(=O)C[C@H]2C)cs1. The highest BCUT2D eigenvalue weighted by atomic mass is 32.2. The summed E-state index contributed by atoms with van der Waals surface area (Å²) in [5.41, 5.74) is 0.998. The normalized spacial score (nSPS) is 24.2. The van der Waals surface area contributed by atoms with E-state index in [0.29, 0.717) is 13.2 Å². The fraction of sp³-hybridized carbons (Fsp3) is 0.727. The molecule has 0 N–H and O–H groups in total. The number of thiazole rings is 1. The molecule has 0 spiro atoms. The summed E-state index contributed by atoms with van der Waals surface area (Å²) in [5, 5.41) is 2.98. The van der Waals surface area contributed by atoms with Crippen molar-refractivity contribution in [1.29, 1.82) is 0 Å². The number of rotatable bonds is 4. The van der Waals surface area contributed by atoms with Gasteiger partial charge in [-0.2, -0.15) is 0 Å². The molecule has 102 valence electrons. The Hall–Kier alpha value is -0.500. The van der Waals surface area contributed by atoms with Gasteiger partial charge in [0.1, 0.15) is 5.01 Å². The molecule has 2 rings (SSSR count). The molecular formula is C11H18N2O3S2. The fourth-order valence-electron chi connectivity index (χ4n) is 2.09. The highest BCUT2D eigenvalue weighted by molar-refractivity contribution is 7.91. The maximum Gasteiger partial charge on any atom is 0.153 e. The van der Waals surface area contributed by atoms with Crippen molar-refractivity contribution in [2.24, 2.45) is 0 Å². The number of ether oxygens (including phenoxy) is 1. The highest BCUT2D eigenvalue weighted by Crippen LogP contribution is 2.17. The molecule has 0 aliphatic carbocycles. The summed E-state index contributed by atoms with van der Waals surface area (Å²) in [5.74, 6) is 0.508. The van der Waals surface area contributed by atoms with Crippen LogP contribution in [0.5, 0.6) is 0 Å². The lowest BCUT2D eigenvalue weighted by Gasteiger charge is -2.32. The number of sulfone groups is 1. The van der Waals surface area contributed by atoms with E-state index in [1.807, 2.05) is 12.3 Å². The molecule has 1 aromatic heterocycles. The second kappa shape index (κ2) is 5.64.